The van der Waals surface area contributed by atoms with Crippen LogP contribution < -0.4 is 5.73 Å². The summed E-state index contributed by atoms with van der Waals surface area (Å²) in [5.74, 6) is 0.0106. The molecule has 2 heterocycles. The van der Waals surface area contributed by atoms with Crippen LogP contribution >= 0.6 is 15.9 Å². The zero-order chi connectivity index (χ0) is 18.3. The second-order valence-electron chi connectivity index (χ2n) is 6.07. The summed E-state index contributed by atoms with van der Waals surface area (Å²) in [6.45, 7) is 2.59. The smallest absolute Gasteiger partial charge is 0.288 e. The normalized spacial score (nSPS) is 11.2. The molecule has 6 nitrogen and oxygen atoms in total. The van der Waals surface area contributed by atoms with Gasteiger partial charge in [-0.3, -0.25) is 4.79 Å². The molecule has 0 unspecified atom stereocenters. The van der Waals surface area contributed by atoms with Gasteiger partial charge in [0.15, 0.2) is 0 Å². The lowest BCUT2D eigenvalue weighted by molar-refractivity contribution is 0.0990. The number of nitrogens with two attached hydrogens (primary N) is 1. The molecule has 2 aromatic heterocycles. The second-order valence-corrected chi connectivity index (χ2v) is 6.99. The van der Waals surface area contributed by atoms with Gasteiger partial charge in [-0.25, -0.2) is 9.67 Å². The topological polar surface area (TPSA) is 78.7 Å². The number of rotatable bonds is 4. The number of benzene rings is 2. The average Bonchev–Trinajstić information content (AvgIpc) is 3.20. The summed E-state index contributed by atoms with van der Waals surface area (Å²) in [4.78, 5) is 15.4. The Kier molecular flexibility index (Phi) is 4.08. The lowest BCUT2D eigenvalue weighted by Gasteiger charge is -2.07. The van der Waals surface area contributed by atoms with Gasteiger partial charge in [-0.15, -0.1) is 5.10 Å². The molecule has 0 fully saturated rings. The van der Waals surface area contributed by atoms with Gasteiger partial charge >= 0.3 is 0 Å². The molecule has 0 aliphatic heterocycles. The van der Waals surface area contributed by atoms with Gasteiger partial charge in [0.1, 0.15) is 5.82 Å². The summed E-state index contributed by atoms with van der Waals surface area (Å²) in [7, 11) is 0. The molecule has 2 aromatic carbocycles. The number of carbonyl (C=O) groups excluding carboxylic acids is 1. The van der Waals surface area contributed by atoms with E-state index in [0.29, 0.717) is 5.82 Å². The number of amides is 1. The van der Waals surface area contributed by atoms with Gasteiger partial charge in [0.25, 0.3) is 5.91 Å². The van der Waals surface area contributed by atoms with Crippen molar-refractivity contribution in [3.05, 3.63) is 76.4 Å². The van der Waals surface area contributed by atoms with Gasteiger partial charge in [0.05, 0.1) is 5.69 Å². The van der Waals surface area contributed by atoms with Gasteiger partial charge in [0.2, 0.25) is 5.82 Å². The highest BCUT2D eigenvalue weighted by molar-refractivity contribution is 9.10. The van der Waals surface area contributed by atoms with Gasteiger partial charge < -0.3 is 10.3 Å². The van der Waals surface area contributed by atoms with Crippen molar-refractivity contribution >= 4 is 32.7 Å². The van der Waals surface area contributed by atoms with Crippen LogP contribution in [0.25, 0.3) is 16.6 Å². The Labute approximate surface area is 158 Å². The molecule has 130 valence electrons. The summed E-state index contributed by atoms with van der Waals surface area (Å²) in [5, 5.41) is 5.28. The van der Waals surface area contributed by atoms with Gasteiger partial charge in [-0.05, 0) is 48.9 Å². The highest BCUT2D eigenvalue weighted by Crippen LogP contribution is 2.22. The van der Waals surface area contributed by atoms with E-state index in [1.54, 1.807) is 11.6 Å². The van der Waals surface area contributed by atoms with E-state index in [0.717, 1.165) is 27.6 Å². The van der Waals surface area contributed by atoms with E-state index in [1.807, 2.05) is 24.3 Å². The number of hydrogen-bond donors (Lipinski definition) is 1. The molecule has 1 amide bonds. The molecule has 0 spiro atoms. The minimum atomic E-state index is -0.631. The van der Waals surface area contributed by atoms with Crippen molar-refractivity contribution in [2.75, 3.05) is 0 Å². The molecule has 0 bridgehead atoms. The lowest BCUT2D eigenvalue weighted by Crippen LogP contribution is -2.13. The van der Waals surface area contributed by atoms with Gasteiger partial charge in [0, 0.05) is 28.1 Å². The lowest BCUT2D eigenvalue weighted by atomic mass is 10.2. The van der Waals surface area contributed by atoms with E-state index in [2.05, 4.69) is 61.0 Å². The first-order valence-corrected chi connectivity index (χ1v) is 8.88. The monoisotopic (exact) mass is 409 g/mol. The highest BCUT2D eigenvalue weighted by atomic mass is 79.9. The Balaban J connectivity index is 1.69. The Bertz CT molecular complexity index is 1110. The molecular weight excluding hydrogens is 394 g/mol. The SMILES string of the molecule is Cc1nc(C(N)=O)nn1-c1ccc2c(ccn2Cc2ccc(Br)cc2)c1. The van der Waals surface area contributed by atoms with Crippen molar-refractivity contribution in [2.24, 2.45) is 5.73 Å². The summed E-state index contributed by atoms with van der Waals surface area (Å²) >= 11 is 3.46. The Morgan fingerprint density at radius 3 is 2.62 bits per heavy atom. The van der Waals surface area contributed by atoms with Crippen molar-refractivity contribution < 1.29 is 4.79 Å². The predicted molar refractivity (Wildman–Crippen MR) is 103 cm³/mol. The third-order valence-corrected chi connectivity index (χ3v) is 4.78. The average molecular weight is 410 g/mol. The third kappa shape index (κ3) is 3.01. The first kappa shape index (κ1) is 16.5. The van der Waals surface area contributed by atoms with Crippen LogP contribution in [0.1, 0.15) is 22.0 Å². The zero-order valence-electron chi connectivity index (χ0n) is 14.1. The van der Waals surface area contributed by atoms with Crippen LogP contribution in [0.2, 0.25) is 0 Å². The second kappa shape index (κ2) is 6.42. The number of aryl methyl sites for hydroxylation is 1. The van der Waals surface area contributed by atoms with E-state index in [1.165, 1.54) is 5.56 Å². The molecule has 0 aliphatic carbocycles. The summed E-state index contributed by atoms with van der Waals surface area (Å²) in [6.07, 6.45) is 2.07. The Morgan fingerprint density at radius 1 is 1.15 bits per heavy atom. The number of carbonyl (C=O) groups is 1. The fourth-order valence-corrected chi connectivity index (χ4v) is 3.25. The van der Waals surface area contributed by atoms with Crippen molar-refractivity contribution in [1.82, 2.24) is 19.3 Å². The van der Waals surface area contributed by atoms with Crippen LogP contribution in [-0.4, -0.2) is 25.2 Å². The minimum absolute atomic E-state index is 0.0235. The van der Waals surface area contributed by atoms with Crippen molar-refractivity contribution in [2.45, 2.75) is 13.5 Å². The first-order chi connectivity index (χ1) is 12.5. The minimum Gasteiger partial charge on any atom is -0.363 e. The number of primary amides is 1. The number of hydrogen-bond acceptors (Lipinski definition) is 3. The Morgan fingerprint density at radius 2 is 1.92 bits per heavy atom. The van der Waals surface area contributed by atoms with Crippen molar-refractivity contribution in [3.8, 4) is 5.69 Å². The number of fused-ring (bicyclic) bond motifs is 1. The molecule has 4 aromatic rings. The molecule has 4 rings (SSSR count). The summed E-state index contributed by atoms with van der Waals surface area (Å²) < 4.78 is 4.90. The van der Waals surface area contributed by atoms with Crippen LogP contribution in [-0.2, 0) is 6.54 Å². The molecule has 2 N–H and O–H groups in total. The number of halogens is 1. The van der Waals surface area contributed by atoms with Gasteiger partial charge in [-0.1, -0.05) is 28.1 Å². The zero-order valence-corrected chi connectivity index (χ0v) is 15.6. The number of aromatic nitrogens is 4. The molecule has 7 heteroatoms. The van der Waals surface area contributed by atoms with Crippen LogP contribution in [0.5, 0.6) is 0 Å². The van der Waals surface area contributed by atoms with E-state index in [4.69, 9.17) is 5.73 Å². The molecule has 0 radical (unpaired) electrons. The maximum atomic E-state index is 11.3. The van der Waals surface area contributed by atoms with E-state index < -0.39 is 5.91 Å². The van der Waals surface area contributed by atoms with Gasteiger partial charge in [-0.2, -0.15) is 0 Å². The molecular formula is C19H16BrN5O. The summed E-state index contributed by atoms with van der Waals surface area (Å²) in [6, 6.07) is 16.4. The fraction of sp³-hybridized carbons (Fsp3) is 0.105. The van der Waals surface area contributed by atoms with Crippen LogP contribution in [0.3, 0.4) is 0 Å². The van der Waals surface area contributed by atoms with Crippen LogP contribution in [0.15, 0.2) is 59.2 Å². The Hall–Kier alpha value is -2.93. The maximum Gasteiger partial charge on any atom is 0.288 e. The first-order valence-electron chi connectivity index (χ1n) is 8.08. The molecule has 0 atom stereocenters. The standard InChI is InChI=1S/C19H16BrN5O/c1-12-22-19(18(21)26)23-25(12)16-6-7-17-14(10-16)8-9-24(17)11-13-2-4-15(20)5-3-13/h2-10H,11H2,1H3,(H2,21,26). The maximum absolute atomic E-state index is 11.3. The van der Waals surface area contributed by atoms with Crippen molar-refractivity contribution in [3.63, 3.8) is 0 Å². The molecule has 0 aliphatic rings. The van der Waals surface area contributed by atoms with E-state index >= 15 is 0 Å². The predicted octanol–water partition coefficient (Wildman–Crippen LogP) is 3.44. The van der Waals surface area contributed by atoms with Crippen LogP contribution in [0, 0.1) is 6.92 Å². The molecule has 0 saturated carbocycles. The van der Waals surface area contributed by atoms with E-state index in [-0.39, 0.29) is 5.82 Å². The fourth-order valence-electron chi connectivity index (χ4n) is 2.98. The van der Waals surface area contributed by atoms with E-state index in [9.17, 15) is 4.79 Å². The largest absolute Gasteiger partial charge is 0.363 e. The number of nitrogens with zero attached hydrogens (tertiary/aromatic N) is 4. The summed E-state index contributed by atoms with van der Waals surface area (Å²) in [5.41, 5.74) is 8.47. The molecule has 0 saturated heterocycles. The quantitative estimate of drug-likeness (QED) is 0.560. The van der Waals surface area contributed by atoms with Crippen molar-refractivity contribution in [1.29, 1.82) is 0 Å². The third-order valence-electron chi connectivity index (χ3n) is 4.25. The highest BCUT2D eigenvalue weighted by Gasteiger charge is 2.13. The van der Waals surface area contributed by atoms with Crippen LogP contribution in [0.4, 0.5) is 0 Å². The molecule has 26 heavy (non-hydrogen) atoms.